The number of nitrogens with zero attached hydrogens (tertiary/aromatic N) is 1. The van der Waals surface area contributed by atoms with Gasteiger partial charge in [0.2, 0.25) is 0 Å². The molecule has 2 unspecified atom stereocenters. The summed E-state index contributed by atoms with van der Waals surface area (Å²) in [4.78, 5) is 2.35. The van der Waals surface area contributed by atoms with Crippen LogP contribution < -0.4 is 10.2 Å². The number of ether oxygens (including phenoxy) is 1. The molecule has 0 aromatic heterocycles. The third-order valence-electron chi connectivity index (χ3n) is 4.34. The normalized spacial score (nSPS) is 25.8. The predicted molar refractivity (Wildman–Crippen MR) is 78.5 cm³/mol. The van der Waals surface area contributed by atoms with E-state index in [9.17, 15) is 4.39 Å². The topological polar surface area (TPSA) is 24.5 Å². The Balaban J connectivity index is 1.82. The van der Waals surface area contributed by atoms with Crippen molar-refractivity contribution in [3.8, 4) is 0 Å². The van der Waals surface area contributed by atoms with Crippen LogP contribution in [0.2, 0.25) is 0 Å². The highest BCUT2D eigenvalue weighted by molar-refractivity contribution is 5.51. The number of benzene rings is 1. The van der Waals surface area contributed by atoms with Gasteiger partial charge in [0.15, 0.2) is 0 Å². The van der Waals surface area contributed by atoms with Gasteiger partial charge in [-0.25, -0.2) is 4.39 Å². The van der Waals surface area contributed by atoms with E-state index in [0.717, 1.165) is 50.3 Å². The number of nitrogens with one attached hydrogen (secondary N) is 1. The number of morpholine rings is 1. The van der Waals surface area contributed by atoms with Crippen molar-refractivity contribution in [1.29, 1.82) is 0 Å². The first-order valence-corrected chi connectivity index (χ1v) is 7.66. The van der Waals surface area contributed by atoms with Gasteiger partial charge < -0.3 is 15.0 Å². The zero-order chi connectivity index (χ0) is 13.9. The zero-order valence-electron chi connectivity index (χ0n) is 12.1. The minimum atomic E-state index is -0.142. The van der Waals surface area contributed by atoms with Crippen molar-refractivity contribution in [2.45, 2.75) is 44.9 Å². The standard InChI is InChI=1S/C16H23FN2O/c1-2-18-11-12-8-13(17)10-14(9-12)19-6-7-20-16-5-3-4-15(16)19/h8-10,15-16,18H,2-7,11H2,1H3. The van der Waals surface area contributed by atoms with Gasteiger partial charge in [0.1, 0.15) is 5.82 Å². The Bertz CT molecular complexity index is 466. The van der Waals surface area contributed by atoms with E-state index in [0.29, 0.717) is 12.1 Å². The van der Waals surface area contributed by atoms with E-state index in [1.807, 2.05) is 0 Å². The van der Waals surface area contributed by atoms with Crippen molar-refractivity contribution in [3.05, 3.63) is 29.6 Å². The summed E-state index contributed by atoms with van der Waals surface area (Å²) in [6, 6.07) is 5.83. The van der Waals surface area contributed by atoms with Crippen LogP contribution in [-0.4, -0.2) is 31.8 Å². The molecular formula is C16H23FN2O. The molecule has 3 nitrogen and oxygen atoms in total. The maximum atomic E-state index is 13.9. The van der Waals surface area contributed by atoms with Gasteiger partial charge in [-0.05, 0) is 49.6 Å². The van der Waals surface area contributed by atoms with Crippen LogP contribution in [0.25, 0.3) is 0 Å². The lowest BCUT2D eigenvalue weighted by molar-refractivity contribution is 0.0256. The molecule has 2 fully saturated rings. The lowest BCUT2D eigenvalue weighted by atomic mass is 10.1. The highest BCUT2D eigenvalue weighted by Crippen LogP contribution is 2.33. The quantitative estimate of drug-likeness (QED) is 0.916. The Kier molecular flexibility index (Phi) is 4.22. The van der Waals surface area contributed by atoms with E-state index >= 15 is 0 Å². The molecule has 1 aliphatic heterocycles. The molecule has 2 aliphatic rings. The molecular weight excluding hydrogens is 255 g/mol. The Labute approximate surface area is 120 Å². The van der Waals surface area contributed by atoms with E-state index in [2.05, 4.69) is 23.2 Å². The summed E-state index contributed by atoms with van der Waals surface area (Å²) in [6.45, 7) is 5.30. The Morgan fingerprint density at radius 3 is 3.10 bits per heavy atom. The number of fused-ring (bicyclic) bond motifs is 1. The summed E-state index contributed by atoms with van der Waals surface area (Å²) in [5.41, 5.74) is 2.03. The summed E-state index contributed by atoms with van der Waals surface area (Å²) in [6.07, 6.45) is 3.85. The van der Waals surface area contributed by atoms with E-state index < -0.39 is 0 Å². The van der Waals surface area contributed by atoms with Crippen molar-refractivity contribution in [3.63, 3.8) is 0 Å². The molecule has 0 amide bonds. The molecule has 110 valence electrons. The maximum Gasteiger partial charge on any atom is 0.125 e. The number of halogens is 1. The number of anilines is 1. The fourth-order valence-electron chi connectivity index (χ4n) is 3.42. The van der Waals surface area contributed by atoms with Crippen LogP contribution in [0.4, 0.5) is 10.1 Å². The predicted octanol–water partition coefficient (Wildman–Crippen LogP) is 2.69. The molecule has 0 bridgehead atoms. The molecule has 0 radical (unpaired) electrons. The highest BCUT2D eigenvalue weighted by atomic mass is 19.1. The minimum absolute atomic E-state index is 0.142. The molecule has 0 spiro atoms. The summed E-state index contributed by atoms with van der Waals surface area (Å²) >= 11 is 0. The van der Waals surface area contributed by atoms with E-state index in [1.165, 1.54) is 6.42 Å². The first kappa shape index (κ1) is 13.8. The lowest BCUT2D eigenvalue weighted by Gasteiger charge is -2.39. The van der Waals surface area contributed by atoms with Gasteiger partial charge in [0, 0.05) is 18.8 Å². The van der Waals surface area contributed by atoms with Gasteiger partial charge in [0.05, 0.1) is 18.8 Å². The van der Waals surface area contributed by atoms with Crippen LogP contribution in [0.1, 0.15) is 31.7 Å². The third kappa shape index (κ3) is 2.81. The Hall–Kier alpha value is -1.13. The second kappa shape index (κ2) is 6.10. The Morgan fingerprint density at radius 2 is 2.25 bits per heavy atom. The summed E-state index contributed by atoms with van der Waals surface area (Å²) in [5, 5.41) is 3.26. The molecule has 1 N–H and O–H groups in total. The maximum absolute atomic E-state index is 13.9. The zero-order valence-corrected chi connectivity index (χ0v) is 12.1. The fourth-order valence-corrected chi connectivity index (χ4v) is 3.42. The summed E-state index contributed by atoms with van der Waals surface area (Å²) in [7, 11) is 0. The van der Waals surface area contributed by atoms with E-state index in [4.69, 9.17) is 4.74 Å². The smallest absolute Gasteiger partial charge is 0.125 e. The molecule has 1 saturated heterocycles. The highest BCUT2D eigenvalue weighted by Gasteiger charge is 2.36. The molecule has 2 atom stereocenters. The van der Waals surface area contributed by atoms with Gasteiger partial charge in [-0.1, -0.05) is 6.92 Å². The number of rotatable bonds is 4. The molecule has 1 aliphatic carbocycles. The first-order chi connectivity index (χ1) is 9.78. The molecule has 20 heavy (non-hydrogen) atoms. The van der Waals surface area contributed by atoms with Crippen molar-refractivity contribution in [2.24, 2.45) is 0 Å². The third-order valence-corrected chi connectivity index (χ3v) is 4.34. The summed E-state index contributed by atoms with van der Waals surface area (Å²) < 4.78 is 19.7. The van der Waals surface area contributed by atoms with Crippen LogP contribution in [0.15, 0.2) is 18.2 Å². The molecule has 1 saturated carbocycles. The van der Waals surface area contributed by atoms with Crippen LogP contribution in [0.5, 0.6) is 0 Å². The Morgan fingerprint density at radius 1 is 1.35 bits per heavy atom. The first-order valence-electron chi connectivity index (χ1n) is 7.66. The molecule has 1 aromatic rings. The molecule has 1 aromatic carbocycles. The van der Waals surface area contributed by atoms with Crippen LogP contribution in [0.3, 0.4) is 0 Å². The average molecular weight is 278 g/mol. The molecule has 3 rings (SSSR count). The second-order valence-corrected chi connectivity index (χ2v) is 5.70. The van der Waals surface area contributed by atoms with Crippen molar-refractivity contribution in [2.75, 3.05) is 24.6 Å². The van der Waals surface area contributed by atoms with E-state index in [1.54, 1.807) is 12.1 Å². The van der Waals surface area contributed by atoms with Gasteiger partial charge in [0.25, 0.3) is 0 Å². The average Bonchev–Trinajstić information content (AvgIpc) is 2.92. The molecule has 4 heteroatoms. The summed E-state index contributed by atoms with van der Waals surface area (Å²) in [5.74, 6) is -0.142. The van der Waals surface area contributed by atoms with E-state index in [-0.39, 0.29) is 5.82 Å². The van der Waals surface area contributed by atoms with Crippen molar-refractivity contribution in [1.82, 2.24) is 5.32 Å². The van der Waals surface area contributed by atoms with Gasteiger partial charge >= 0.3 is 0 Å². The number of hydrogen-bond acceptors (Lipinski definition) is 3. The monoisotopic (exact) mass is 278 g/mol. The van der Waals surface area contributed by atoms with Gasteiger partial charge in [-0.3, -0.25) is 0 Å². The van der Waals surface area contributed by atoms with Crippen molar-refractivity contribution < 1.29 is 9.13 Å². The lowest BCUT2D eigenvalue weighted by Crippen LogP contribution is -2.48. The number of hydrogen-bond donors (Lipinski definition) is 1. The minimum Gasteiger partial charge on any atom is -0.374 e. The molecule has 1 heterocycles. The largest absolute Gasteiger partial charge is 0.374 e. The van der Waals surface area contributed by atoms with Crippen molar-refractivity contribution >= 4 is 5.69 Å². The fraction of sp³-hybridized carbons (Fsp3) is 0.625. The van der Waals surface area contributed by atoms with Crippen LogP contribution in [0, 0.1) is 5.82 Å². The van der Waals surface area contributed by atoms with Crippen LogP contribution in [-0.2, 0) is 11.3 Å². The second-order valence-electron chi connectivity index (χ2n) is 5.70. The SMILES string of the molecule is CCNCc1cc(F)cc(N2CCOC3CCCC32)c1. The van der Waals surface area contributed by atoms with Gasteiger partial charge in [-0.15, -0.1) is 0 Å². The van der Waals surface area contributed by atoms with Crippen LogP contribution >= 0.6 is 0 Å². The van der Waals surface area contributed by atoms with Gasteiger partial charge in [-0.2, -0.15) is 0 Å².